The number of carbonyl (C=O) groups excluding carboxylic acids is 1. The van der Waals surface area contributed by atoms with Gasteiger partial charge in [-0.25, -0.2) is 0 Å². The predicted molar refractivity (Wildman–Crippen MR) is 63.4 cm³/mol. The van der Waals surface area contributed by atoms with Crippen molar-refractivity contribution in [2.24, 2.45) is 17.8 Å². The Hall–Kier alpha value is -1.06. The van der Waals surface area contributed by atoms with E-state index in [4.69, 9.17) is 5.11 Å². The van der Waals surface area contributed by atoms with Crippen LogP contribution in [0.25, 0.3) is 0 Å². The van der Waals surface area contributed by atoms with Crippen LogP contribution in [0.2, 0.25) is 0 Å². The molecule has 2 unspecified atom stereocenters. The van der Waals surface area contributed by atoms with Crippen LogP contribution in [0.5, 0.6) is 0 Å². The molecule has 0 aromatic rings. The number of hydrogen-bond donors (Lipinski definition) is 1. The molecule has 2 atom stereocenters. The second-order valence-corrected chi connectivity index (χ2v) is 5.52. The van der Waals surface area contributed by atoms with E-state index in [2.05, 4.69) is 0 Å². The van der Waals surface area contributed by atoms with Gasteiger partial charge < -0.3 is 10.0 Å². The molecule has 4 heteroatoms. The fraction of sp³-hybridized carbons (Fsp3) is 0.846. The Labute approximate surface area is 102 Å². The zero-order chi connectivity index (χ0) is 12.4. The first-order valence-corrected chi connectivity index (χ1v) is 6.60. The molecule has 0 aromatic heterocycles. The molecule has 1 amide bonds. The molecule has 1 N–H and O–H groups in total. The number of carboxylic acids is 1. The first-order valence-electron chi connectivity index (χ1n) is 6.60. The fourth-order valence-corrected chi connectivity index (χ4v) is 3.34. The SMILES string of the molecule is CCCC(=O)N1CC2CC(CC(C(=O)O)C2)C1. The Bertz CT molecular complexity index is 302. The summed E-state index contributed by atoms with van der Waals surface area (Å²) in [6.07, 6.45) is 4.13. The van der Waals surface area contributed by atoms with Crippen LogP contribution in [0, 0.1) is 17.8 Å². The van der Waals surface area contributed by atoms with Crippen molar-refractivity contribution in [2.45, 2.75) is 39.0 Å². The number of carboxylic acid groups (broad SMARTS) is 1. The van der Waals surface area contributed by atoms with Crippen LogP contribution in [-0.4, -0.2) is 35.0 Å². The minimum absolute atomic E-state index is 0.179. The first kappa shape index (κ1) is 12.4. The number of nitrogens with zero attached hydrogens (tertiary/aromatic N) is 1. The van der Waals surface area contributed by atoms with Crippen LogP contribution in [-0.2, 0) is 9.59 Å². The number of amides is 1. The molecule has 1 saturated heterocycles. The molecular formula is C13H21NO3. The molecule has 0 spiro atoms. The van der Waals surface area contributed by atoms with Crippen molar-refractivity contribution in [3.8, 4) is 0 Å². The monoisotopic (exact) mass is 239 g/mol. The highest BCUT2D eigenvalue weighted by Gasteiger charge is 2.38. The molecule has 2 fully saturated rings. The van der Waals surface area contributed by atoms with Gasteiger partial charge in [0.1, 0.15) is 0 Å². The average molecular weight is 239 g/mol. The quantitative estimate of drug-likeness (QED) is 0.816. The Balaban J connectivity index is 1.95. The maximum Gasteiger partial charge on any atom is 0.306 e. The molecular weight excluding hydrogens is 218 g/mol. The third kappa shape index (κ3) is 2.79. The van der Waals surface area contributed by atoms with Gasteiger partial charge in [-0.2, -0.15) is 0 Å². The Morgan fingerprint density at radius 2 is 1.76 bits per heavy atom. The molecule has 2 rings (SSSR count). The summed E-state index contributed by atoms with van der Waals surface area (Å²) in [6, 6.07) is 0. The fourth-order valence-electron chi connectivity index (χ4n) is 3.34. The molecule has 2 aliphatic rings. The molecule has 0 radical (unpaired) electrons. The largest absolute Gasteiger partial charge is 0.481 e. The summed E-state index contributed by atoms with van der Waals surface area (Å²) < 4.78 is 0. The lowest BCUT2D eigenvalue weighted by Crippen LogP contribution is -2.48. The van der Waals surface area contributed by atoms with E-state index >= 15 is 0 Å². The Kier molecular flexibility index (Phi) is 3.69. The molecule has 2 bridgehead atoms. The van der Waals surface area contributed by atoms with E-state index in [9.17, 15) is 9.59 Å². The number of hydrogen-bond acceptors (Lipinski definition) is 2. The van der Waals surface area contributed by atoms with Gasteiger partial charge in [-0.05, 0) is 37.5 Å². The van der Waals surface area contributed by atoms with Crippen molar-refractivity contribution >= 4 is 11.9 Å². The van der Waals surface area contributed by atoms with E-state index in [0.29, 0.717) is 18.3 Å². The molecule has 1 aliphatic carbocycles. The van der Waals surface area contributed by atoms with Gasteiger partial charge in [-0.15, -0.1) is 0 Å². The Morgan fingerprint density at radius 1 is 1.18 bits per heavy atom. The van der Waals surface area contributed by atoms with Gasteiger partial charge in [0.05, 0.1) is 5.92 Å². The second-order valence-electron chi connectivity index (χ2n) is 5.52. The summed E-state index contributed by atoms with van der Waals surface area (Å²) in [4.78, 5) is 24.8. The van der Waals surface area contributed by atoms with Crippen molar-refractivity contribution < 1.29 is 14.7 Å². The summed E-state index contributed by atoms with van der Waals surface area (Å²) in [5.74, 6) is 0.222. The van der Waals surface area contributed by atoms with Crippen LogP contribution < -0.4 is 0 Å². The standard InChI is InChI=1S/C13H21NO3/c1-2-3-12(15)14-7-9-4-10(8-14)6-11(5-9)13(16)17/h9-11H,2-8H2,1H3,(H,16,17). The van der Waals surface area contributed by atoms with E-state index in [1.807, 2.05) is 11.8 Å². The van der Waals surface area contributed by atoms with Crippen molar-refractivity contribution in [1.82, 2.24) is 4.90 Å². The van der Waals surface area contributed by atoms with Gasteiger partial charge in [0.25, 0.3) is 0 Å². The van der Waals surface area contributed by atoms with Crippen LogP contribution in [0.4, 0.5) is 0 Å². The number of likely N-dealkylation sites (tertiary alicyclic amines) is 1. The minimum atomic E-state index is -0.659. The van der Waals surface area contributed by atoms with Crippen molar-refractivity contribution in [1.29, 1.82) is 0 Å². The van der Waals surface area contributed by atoms with Crippen LogP contribution in [0.15, 0.2) is 0 Å². The van der Waals surface area contributed by atoms with E-state index in [1.54, 1.807) is 0 Å². The van der Waals surface area contributed by atoms with Crippen molar-refractivity contribution in [3.05, 3.63) is 0 Å². The molecule has 17 heavy (non-hydrogen) atoms. The third-order valence-corrected chi connectivity index (χ3v) is 4.03. The summed E-state index contributed by atoms with van der Waals surface area (Å²) in [5.41, 5.74) is 0. The van der Waals surface area contributed by atoms with Crippen molar-refractivity contribution in [3.63, 3.8) is 0 Å². The summed E-state index contributed by atoms with van der Waals surface area (Å²) in [5, 5.41) is 9.07. The lowest BCUT2D eigenvalue weighted by Gasteiger charge is -2.43. The zero-order valence-corrected chi connectivity index (χ0v) is 10.4. The minimum Gasteiger partial charge on any atom is -0.481 e. The number of carbonyl (C=O) groups is 2. The maximum absolute atomic E-state index is 11.9. The van der Waals surface area contributed by atoms with Gasteiger partial charge in [-0.3, -0.25) is 9.59 Å². The molecule has 1 heterocycles. The number of fused-ring (bicyclic) bond motifs is 2. The molecule has 1 aliphatic heterocycles. The third-order valence-electron chi connectivity index (χ3n) is 4.03. The summed E-state index contributed by atoms with van der Waals surface area (Å²) in [7, 11) is 0. The molecule has 1 saturated carbocycles. The number of aliphatic carboxylic acids is 1. The second kappa shape index (κ2) is 5.07. The topological polar surface area (TPSA) is 57.6 Å². The zero-order valence-electron chi connectivity index (χ0n) is 10.4. The van der Waals surface area contributed by atoms with Crippen LogP contribution in [0.1, 0.15) is 39.0 Å². The van der Waals surface area contributed by atoms with Crippen molar-refractivity contribution in [2.75, 3.05) is 13.1 Å². The molecule has 4 nitrogen and oxygen atoms in total. The van der Waals surface area contributed by atoms with Gasteiger partial charge in [-0.1, -0.05) is 6.92 Å². The highest BCUT2D eigenvalue weighted by atomic mass is 16.4. The van der Waals surface area contributed by atoms with E-state index in [0.717, 1.165) is 38.8 Å². The highest BCUT2D eigenvalue weighted by molar-refractivity contribution is 5.76. The lowest BCUT2D eigenvalue weighted by molar-refractivity contribution is -0.146. The maximum atomic E-state index is 11.9. The molecule has 0 aromatic carbocycles. The smallest absolute Gasteiger partial charge is 0.306 e. The highest BCUT2D eigenvalue weighted by Crippen LogP contribution is 2.38. The van der Waals surface area contributed by atoms with Crippen LogP contribution >= 0.6 is 0 Å². The number of piperidine rings is 1. The van der Waals surface area contributed by atoms with Crippen LogP contribution in [0.3, 0.4) is 0 Å². The van der Waals surface area contributed by atoms with E-state index in [-0.39, 0.29) is 11.8 Å². The van der Waals surface area contributed by atoms with Gasteiger partial charge in [0, 0.05) is 19.5 Å². The predicted octanol–water partition coefficient (Wildman–Crippen LogP) is 1.75. The first-order chi connectivity index (χ1) is 8.10. The van der Waals surface area contributed by atoms with E-state index in [1.165, 1.54) is 0 Å². The number of rotatable bonds is 3. The normalized spacial score (nSPS) is 32.3. The average Bonchev–Trinajstić information content (AvgIpc) is 2.27. The van der Waals surface area contributed by atoms with Gasteiger partial charge in [0.2, 0.25) is 5.91 Å². The Morgan fingerprint density at radius 3 is 2.24 bits per heavy atom. The van der Waals surface area contributed by atoms with Gasteiger partial charge >= 0.3 is 5.97 Å². The van der Waals surface area contributed by atoms with Gasteiger partial charge in [0.15, 0.2) is 0 Å². The lowest BCUT2D eigenvalue weighted by atomic mass is 9.72. The summed E-state index contributed by atoms with van der Waals surface area (Å²) >= 11 is 0. The molecule has 96 valence electrons. The summed E-state index contributed by atoms with van der Waals surface area (Å²) in [6.45, 7) is 3.57. The van der Waals surface area contributed by atoms with E-state index < -0.39 is 5.97 Å².